The Bertz CT molecular complexity index is 545. The van der Waals surface area contributed by atoms with Crippen molar-refractivity contribution in [1.29, 1.82) is 0 Å². The average Bonchev–Trinajstić information content (AvgIpc) is 2.51. The standard InChI is InChI=1S/C19H30N2O3/c1-14-10-18(11-15(2)19(14)24-17(4)22)13-20(5)12-16(3)21-6-8-23-9-7-21/h10-11,16H,6-9,12-13H2,1-5H3. The van der Waals surface area contributed by atoms with Gasteiger partial charge >= 0.3 is 5.97 Å². The van der Waals surface area contributed by atoms with Crippen LogP contribution in [-0.4, -0.2) is 61.7 Å². The molecule has 1 aliphatic rings. The second-order valence-corrected chi connectivity index (χ2v) is 6.85. The summed E-state index contributed by atoms with van der Waals surface area (Å²) in [6, 6.07) is 4.74. The summed E-state index contributed by atoms with van der Waals surface area (Å²) in [6.45, 7) is 13.3. The predicted octanol–water partition coefficient (Wildman–Crippen LogP) is 2.38. The van der Waals surface area contributed by atoms with Crippen molar-refractivity contribution in [2.24, 2.45) is 0 Å². The van der Waals surface area contributed by atoms with Gasteiger partial charge in [0.25, 0.3) is 0 Å². The summed E-state index contributed by atoms with van der Waals surface area (Å²) in [5, 5.41) is 0. The maximum Gasteiger partial charge on any atom is 0.308 e. The number of ether oxygens (including phenoxy) is 2. The van der Waals surface area contributed by atoms with Crippen molar-refractivity contribution in [2.45, 2.75) is 40.3 Å². The molecular weight excluding hydrogens is 304 g/mol. The van der Waals surface area contributed by atoms with Crippen molar-refractivity contribution in [3.8, 4) is 5.75 Å². The van der Waals surface area contributed by atoms with E-state index in [1.807, 2.05) is 13.8 Å². The Morgan fingerprint density at radius 1 is 1.29 bits per heavy atom. The average molecular weight is 334 g/mol. The molecule has 0 radical (unpaired) electrons. The van der Waals surface area contributed by atoms with Crippen LogP contribution in [0.4, 0.5) is 0 Å². The Labute approximate surface area is 145 Å². The highest BCUT2D eigenvalue weighted by Gasteiger charge is 2.18. The second kappa shape index (κ2) is 8.60. The van der Waals surface area contributed by atoms with Gasteiger partial charge in [0.1, 0.15) is 5.75 Å². The smallest absolute Gasteiger partial charge is 0.308 e. The summed E-state index contributed by atoms with van der Waals surface area (Å²) in [7, 11) is 2.15. The highest BCUT2D eigenvalue weighted by molar-refractivity contribution is 5.70. The molecule has 24 heavy (non-hydrogen) atoms. The van der Waals surface area contributed by atoms with Gasteiger partial charge in [-0.1, -0.05) is 12.1 Å². The number of likely N-dealkylation sites (N-methyl/N-ethyl adjacent to an activating group) is 1. The van der Waals surface area contributed by atoms with Crippen LogP contribution in [0.2, 0.25) is 0 Å². The summed E-state index contributed by atoms with van der Waals surface area (Å²) in [5.41, 5.74) is 3.27. The molecule has 5 heteroatoms. The molecule has 1 saturated heterocycles. The van der Waals surface area contributed by atoms with Crippen molar-refractivity contribution >= 4 is 5.97 Å². The lowest BCUT2D eigenvalue weighted by Crippen LogP contribution is -2.46. The lowest BCUT2D eigenvalue weighted by atomic mass is 10.0. The van der Waals surface area contributed by atoms with Gasteiger partial charge in [0.05, 0.1) is 13.2 Å². The first-order chi connectivity index (χ1) is 11.4. The van der Waals surface area contributed by atoms with Gasteiger partial charge in [0.2, 0.25) is 0 Å². The molecule has 1 atom stereocenters. The van der Waals surface area contributed by atoms with Crippen LogP contribution in [0, 0.1) is 13.8 Å². The molecule has 1 aromatic rings. The van der Waals surface area contributed by atoms with Crippen molar-refractivity contribution in [2.75, 3.05) is 39.9 Å². The van der Waals surface area contributed by atoms with Crippen molar-refractivity contribution < 1.29 is 14.3 Å². The minimum absolute atomic E-state index is 0.273. The summed E-state index contributed by atoms with van der Waals surface area (Å²) in [4.78, 5) is 16.0. The van der Waals surface area contributed by atoms with Gasteiger partial charge < -0.3 is 14.4 Å². The van der Waals surface area contributed by atoms with Crippen LogP contribution < -0.4 is 4.74 Å². The molecule has 0 spiro atoms. The third-order valence-electron chi connectivity index (χ3n) is 4.46. The molecule has 5 nitrogen and oxygen atoms in total. The topological polar surface area (TPSA) is 42.0 Å². The Balaban J connectivity index is 1.95. The van der Waals surface area contributed by atoms with Gasteiger partial charge in [-0.25, -0.2) is 0 Å². The van der Waals surface area contributed by atoms with E-state index in [2.05, 4.69) is 35.9 Å². The van der Waals surface area contributed by atoms with Crippen LogP contribution in [0.1, 0.15) is 30.5 Å². The summed E-state index contributed by atoms with van der Waals surface area (Å²) in [5.74, 6) is 0.418. The number of hydrogen-bond donors (Lipinski definition) is 0. The molecular formula is C19H30N2O3. The molecule has 0 aromatic heterocycles. The van der Waals surface area contributed by atoms with E-state index in [0.717, 1.165) is 50.5 Å². The Morgan fingerprint density at radius 2 is 1.88 bits per heavy atom. The molecule has 0 amide bonds. The second-order valence-electron chi connectivity index (χ2n) is 6.85. The summed E-state index contributed by atoms with van der Waals surface area (Å²) < 4.78 is 10.7. The first-order valence-electron chi connectivity index (χ1n) is 8.65. The number of benzene rings is 1. The molecule has 1 fully saturated rings. The number of morpholine rings is 1. The lowest BCUT2D eigenvalue weighted by molar-refractivity contribution is -0.131. The van der Waals surface area contributed by atoms with E-state index in [9.17, 15) is 4.79 Å². The first kappa shape index (κ1) is 18.9. The quantitative estimate of drug-likeness (QED) is 0.590. The van der Waals surface area contributed by atoms with Crippen LogP contribution in [0.5, 0.6) is 5.75 Å². The summed E-state index contributed by atoms with van der Waals surface area (Å²) >= 11 is 0. The zero-order valence-electron chi connectivity index (χ0n) is 15.6. The normalized spacial score (nSPS) is 17.1. The van der Waals surface area contributed by atoms with E-state index in [0.29, 0.717) is 11.8 Å². The Kier molecular flexibility index (Phi) is 6.78. The van der Waals surface area contributed by atoms with Crippen LogP contribution in [0.25, 0.3) is 0 Å². The van der Waals surface area contributed by atoms with Crippen LogP contribution in [0.15, 0.2) is 12.1 Å². The number of hydrogen-bond acceptors (Lipinski definition) is 5. The van der Waals surface area contributed by atoms with Gasteiger partial charge in [-0.15, -0.1) is 0 Å². The van der Waals surface area contributed by atoms with E-state index >= 15 is 0 Å². The van der Waals surface area contributed by atoms with Crippen LogP contribution in [0.3, 0.4) is 0 Å². The largest absolute Gasteiger partial charge is 0.426 e. The maximum absolute atomic E-state index is 11.2. The highest BCUT2D eigenvalue weighted by Crippen LogP contribution is 2.25. The zero-order valence-corrected chi connectivity index (χ0v) is 15.6. The molecule has 1 aromatic carbocycles. The van der Waals surface area contributed by atoms with Crippen LogP contribution >= 0.6 is 0 Å². The molecule has 0 N–H and O–H groups in total. The number of aryl methyl sites for hydroxylation is 2. The molecule has 2 rings (SSSR count). The molecule has 1 heterocycles. The zero-order chi connectivity index (χ0) is 17.7. The third kappa shape index (κ3) is 5.30. The minimum Gasteiger partial charge on any atom is -0.426 e. The minimum atomic E-state index is -0.273. The number of carbonyl (C=O) groups excluding carboxylic acids is 1. The van der Waals surface area contributed by atoms with Crippen LogP contribution in [-0.2, 0) is 16.1 Å². The van der Waals surface area contributed by atoms with Gasteiger partial charge in [-0.05, 0) is 44.5 Å². The SMILES string of the molecule is CC(=O)Oc1c(C)cc(CN(C)CC(C)N2CCOCC2)cc1C. The molecule has 134 valence electrons. The lowest BCUT2D eigenvalue weighted by Gasteiger charge is -2.34. The number of carbonyl (C=O) groups is 1. The van der Waals surface area contributed by atoms with Gasteiger partial charge in [0, 0.05) is 39.1 Å². The van der Waals surface area contributed by atoms with Gasteiger partial charge in [-0.2, -0.15) is 0 Å². The van der Waals surface area contributed by atoms with E-state index in [-0.39, 0.29) is 5.97 Å². The number of nitrogens with zero attached hydrogens (tertiary/aromatic N) is 2. The van der Waals surface area contributed by atoms with Crippen molar-refractivity contribution in [3.63, 3.8) is 0 Å². The maximum atomic E-state index is 11.2. The van der Waals surface area contributed by atoms with Gasteiger partial charge in [-0.3, -0.25) is 9.69 Å². The number of rotatable bonds is 6. The molecule has 0 bridgehead atoms. The Hall–Kier alpha value is -1.43. The molecule has 0 aliphatic carbocycles. The fraction of sp³-hybridized carbons (Fsp3) is 0.632. The van der Waals surface area contributed by atoms with E-state index in [4.69, 9.17) is 9.47 Å². The first-order valence-corrected chi connectivity index (χ1v) is 8.65. The Morgan fingerprint density at radius 3 is 2.42 bits per heavy atom. The molecule has 1 unspecified atom stereocenters. The highest BCUT2D eigenvalue weighted by atomic mass is 16.5. The van der Waals surface area contributed by atoms with E-state index in [1.54, 1.807) is 0 Å². The third-order valence-corrected chi connectivity index (χ3v) is 4.46. The molecule has 0 saturated carbocycles. The van der Waals surface area contributed by atoms with Crippen molar-refractivity contribution in [3.05, 3.63) is 28.8 Å². The predicted molar refractivity (Wildman–Crippen MR) is 95.4 cm³/mol. The van der Waals surface area contributed by atoms with E-state index in [1.165, 1.54) is 12.5 Å². The van der Waals surface area contributed by atoms with E-state index < -0.39 is 0 Å². The fourth-order valence-corrected chi connectivity index (χ4v) is 3.40. The summed E-state index contributed by atoms with van der Waals surface area (Å²) in [6.07, 6.45) is 0. The molecule has 1 aliphatic heterocycles. The number of esters is 1. The fourth-order valence-electron chi connectivity index (χ4n) is 3.40. The van der Waals surface area contributed by atoms with Gasteiger partial charge in [0.15, 0.2) is 0 Å². The van der Waals surface area contributed by atoms with Crippen molar-refractivity contribution in [1.82, 2.24) is 9.80 Å². The monoisotopic (exact) mass is 334 g/mol.